The second kappa shape index (κ2) is 11.6. The molecule has 1 atom stereocenters. The molecule has 1 aromatic rings. The Morgan fingerprint density at radius 1 is 1.14 bits per heavy atom. The number of halogens is 2. The first-order valence-corrected chi connectivity index (χ1v) is 7.31. The maximum Gasteiger partial charge on any atom is 0.251 e. The summed E-state index contributed by atoms with van der Waals surface area (Å²) in [4.78, 5) is 14.3. The average molecular weight is 350 g/mol. The monoisotopic (exact) mass is 349 g/mol. The third-order valence-corrected chi connectivity index (χ3v) is 3.49. The molecule has 1 rings (SSSR count). The molecule has 0 aliphatic heterocycles. The van der Waals surface area contributed by atoms with Gasteiger partial charge in [0.15, 0.2) is 0 Å². The molecule has 0 saturated heterocycles. The fraction of sp³-hybridized carbons (Fsp3) is 0.562. The maximum absolute atomic E-state index is 12.0. The van der Waals surface area contributed by atoms with Crippen molar-refractivity contribution in [2.45, 2.75) is 39.8 Å². The van der Waals surface area contributed by atoms with Gasteiger partial charge in [0.2, 0.25) is 0 Å². The molecule has 0 aliphatic rings. The Morgan fingerprint density at radius 2 is 1.68 bits per heavy atom. The summed E-state index contributed by atoms with van der Waals surface area (Å²) in [6, 6.07) is 8.53. The smallest absolute Gasteiger partial charge is 0.251 e. The van der Waals surface area contributed by atoms with Crippen molar-refractivity contribution in [3.8, 4) is 0 Å². The molecule has 0 bridgehead atoms. The van der Waals surface area contributed by atoms with Crippen LogP contribution < -0.4 is 15.5 Å². The van der Waals surface area contributed by atoms with Gasteiger partial charge >= 0.3 is 0 Å². The van der Waals surface area contributed by atoms with Crippen LogP contribution in [-0.2, 0) is 0 Å². The molecular formula is C16H29Cl2N3O. The number of rotatable bonds is 7. The summed E-state index contributed by atoms with van der Waals surface area (Å²) < 4.78 is 0. The van der Waals surface area contributed by atoms with Crippen LogP contribution in [0.2, 0.25) is 0 Å². The number of benzene rings is 1. The summed E-state index contributed by atoms with van der Waals surface area (Å²) in [5.74, 6) is -0.0220. The van der Waals surface area contributed by atoms with Crippen molar-refractivity contribution >= 4 is 36.4 Å². The first-order chi connectivity index (χ1) is 9.49. The number of carbonyl (C=O) groups excluding carboxylic acids is 1. The highest BCUT2D eigenvalue weighted by atomic mass is 35.5. The minimum atomic E-state index is -0.0220. The number of amides is 1. The highest BCUT2D eigenvalue weighted by Gasteiger charge is 2.10. The van der Waals surface area contributed by atoms with Crippen molar-refractivity contribution in [2.24, 2.45) is 0 Å². The zero-order valence-corrected chi connectivity index (χ0v) is 15.7. The second-order valence-corrected chi connectivity index (χ2v) is 5.33. The molecule has 22 heavy (non-hydrogen) atoms. The number of hydrogen-bond acceptors (Lipinski definition) is 3. The Morgan fingerprint density at radius 3 is 2.09 bits per heavy atom. The van der Waals surface area contributed by atoms with Gasteiger partial charge < -0.3 is 15.5 Å². The molecule has 0 saturated carbocycles. The third kappa shape index (κ3) is 6.86. The standard InChI is InChI=1S/C16H27N3O.2ClH/c1-6-19(12(2)3)15-9-7-14(8-10-15)16(20)18-11-13(4)17-5;;/h7-10,12-13,17H,6,11H2,1-5H3,(H,18,20);2*1H. The van der Waals surface area contributed by atoms with Gasteiger partial charge in [-0.05, 0) is 59.0 Å². The molecule has 1 aromatic carbocycles. The summed E-state index contributed by atoms with van der Waals surface area (Å²) in [7, 11) is 1.89. The lowest BCUT2D eigenvalue weighted by molar-refractivity contribution is 0.0950. The molecule has 0 spiro atoms. The molecule has 6 heteroatoms. The van der Waals surface area contributed by atoms with E-state index in [4.69, 9.17) is 0 Å². The predicted octanol–water partition coefficient (Wildman–Crippen LogP) is 3.10. The summed E-state index contributed by atoms with van der Waals surface area (Å²) in [6.45, 7) is 10.1. The van der Waals surface area contributed by atoms with Gasteiger partial charge in [-0.3, -0.25) is 4.79 Å². The van der Waals surface area contributed by atoms with E-state index < -0.39 is 0 Å². The van der Waals surface area contributed by atoms with Crippen molar-refractivity contribution in [1.82, 2.24) is 10.6 Å². The van der Waals surface area contributed by atoms with E-state index in [1.807, 2.05) is 38.2 Å². The number of nitrogens with zero attached hydrogens (tertiary/aromatic N) is 1. The molecule has 0 heterocycles. The lowest BCUT2D eigenvalue weighted by Gasteiger charge is -2.27. The van der Waals surface area contributed by atoms with E-state index in [1.54, 1.807) is 0 Å². The normalized spacial score (nSPS) is 11.2. The third-order valence-electron chi connectivity index (χ3n) is 3.49. The Bertz CT molecular complexity index is 424. The van der Waals surface area contributed by atoms with Crippen LogP contribution in [0.15, 0.2) is 24.3 Å². The lowest BCUT2D eigenvalue weighted by atomic mass is 10.1. The minimum absolute atomic E-state index is 0. The maximum atomic E-state index is 12.0. The van der Waals surface area contributed by atoms with Crippen LogP contribution in [0.25, 0.3) is 0 Å². The molecule has 1 amide bonds. The second-order valence-electron chi connectivity index (χ2n) is 5.33. The Labute approximate surface area is 146 Å². The Hall–Kier alpha value is -0.970. The summed E-state index contributed by atoms with van der Waals surface area (Å²) in [5, 5.41) is 6.01. The Balaban J connectivity index is 0. The van der Waals surface area contributed by atoms with Gasteiger partial charge in [0.1, 0.15) is 0 Å². The van der Waals surface area contributed by atoms with Crippen LogP contribution >= 0.6 is 24.8 Å². The van der Waals surface area contributed by atoms with Crippen LogP contribution in [0, 0.1) is 0 Å². The van der Waals surface area contributed by atoms with Crippen LogP contribution in [-0.4, -0.2) is 38.1 Å². The summed E-state index contributed by atoms with van der Waals surface area (Å²) in [5.41, 5.74) is 1.86. The molecule has 0 fully saturated rings. The van der Waals surface area contributed by atoms with Gasteiger partial charge in [0.05, 0.1) is 0 Å². The van der Waals surface area contributed by atoms with Crippen LogP contribution in [0.5, 0.6) is 0 Å². The van der Waals surface area contributed by atoms with Crippen LogP contribution in [0.3, 0.4) is 0 Å². The zero-order chi connectivity index (χ0) is 15.1. The molecule has 1 unspecified atom stereocenters. The van der Waals surface area contributed by atoms with Crippen molar-refractivity contribution in [1.29, 1.82) is 0 Å². The van der Waals surface area contributed by atoms with Crippen molar-refractivity contribution in [2.75, 3.05) is 25.0 Å². The molecule has 2 N–H and O–H groups in total. The van der Waals surface area contributed by atoms with E-state index in [1.165, 1.54) is 0 Å². The molecular weight excluding hydrogens is 321 g/mol. The van der Waals surface area contributed by atoms with E-state index in [2.05, 4.69) is 36.3 Å². The van der Waals surface area contributed by atoms with E-state index in [0.29, 0.717) is 18.2 Å². The van der Waals surface area contributed by atoms with Gasteiger partial charge in [-0.15, -0.1) is 24.8 Å². The largest absolute Gasteiger partial charge is 0.369 e. The number of anilines is 1. The number of hydrogen-bond donors (Lipinski definition) is 2. The first kappa shape index (κ1) is 23.3. The van der Waals surface area contributed by atoms with Crippen molar-refractivity contribution < 1.29 is 4.79 Å². The first-order valence-electron chi connectivity index (χ1n) is 7.31. The van der Waals surface area contributed by atoms with E-state index >= 15 is 0 Å². The van der Waals surface area contributed by atoms with Gasteiger partial charge in [-0.2, -0.15) is 0 Å². The predicted molar refractivity (Wildman–Crippen MR) is 99.9 cm³/mol. The van der Waals surface area contributed by atoms with Crippen LogP contribution in [0.4, 0.5) is 5.69 Å². The fourth-order valence-electron chi connectivity index (χ4n) is 2.10. The fourth-order valence-corrected chi connectivity index (χ4v) is 2.10. The minimum Gasteiger partial charge on any atom is -0.369 e. The topological polar surface area (TPSA) is 44.4 Å². The average Bonchev–Trinajstić information content (AvgIpc) is 2.45. The molecule has 128 valence electrons. The molecule has 0 aliphatic carbocycles. The van der Waals surface area contributed by atoms with E-state index in [9.17, 15) is 4.79 Å². The molecule has 0 radical (unpaired) electrons. The molecule has 4 nitrogen and oxygen atoms in total. The van der Waals surface area contributed by atoms with E-state index in [0.717, 1.165) is 12.2 Å². The van der Waals surface area contributed by atoms with Gasteiger partial charge in [-0.1, -0.05) is 0 Å². The van der Waals surface area contributed by atoms with Crippen LogP contribution in [0.1, 0.15) is 38.1 Å². The van der Waals surface area contributed by atoms with Gasteiger partial charge in [0.25, 0.3) is 5.91 Å². The summed E-state index contributed by atoms with van der Waals surface area (Å²) >= 11 is 0. The van der Waals surface area contributed by atoms with Crippen molar-refractivity contribution in [3.63, 3.8) is 0 Å². The van der Waals surface area contributed by atoms with Gasteiger partial charge in [0, 0.05) is 36.4 Å². The SMILES string of the molecule is CCN(c1ccc(C(=O)NCC(C)NC)cc1)C(C)C.Cl.Cl. The highest BCUT2D eigenvalue weighted by Crippen LogP contribution is 2.17. The van der Waals surface area contributed by atoms with Gasteiger partial charge in [-0.25, -0.2) is 0 Å². The number of likely N-dealkylation sites (N-methyl/N-ethyl adjacent to an activating group) is 1. The highest BCUT2D eigenvalue weighted by molar-refractivity contribution is 5.94. The number of carbonyl (C=O) groups is 1. The quantitative estimate of drug-likeness (QED) is 0.794. The zero-order valence-electron chi connectivity index (χ0n) is 14.1. The van der Waals surface area contributed by atoms with E-state index in [-0.39, 0.29) is 36.8 Å². The molecule has 0 aromatic heterocycles. The van der Waals surface area contributed by atoms with Crippen molar-refractivity contribution in [3.05, 3.63) is 29.8 Å². The summed E-state index contributed by atoms with van der Waals surface area (Å²) in [6.07, 6.45) is 0. The number of nitrogens with one attached hydrogen (secondary N) is 2. The Kier molecular flexibility index (Phi) is 12.3. The lowest BCUT2D eigenvalue weighted by Crippen LogP contribution is -2.37.